The Morgan fingerprint density at radius 2 is 2.18 bits per heavy atom. The molecule has 1 aromatic carbocycles. The van der Waals surface area contributed by atoms with E-state index in [-0.39, 0.29) is 5.69 Å². The molecular formula is C14H13NO2. The normalized spacial score (nSPS) is 10.0. The SMILES string of the molecule is CC#CCn1c(C(=O)O)cc2cc(C)ccc21. The van der Waals surface area contributed by atoms with Crippen LogP contribution < -0.4 is 0 Å². The lowest BCUT2D eigenvalue weighted by atomic mass is 10.2. The second-order valence-electron chi connectivity index (χ2n) is 3.91. The fraction of sp³-hybridized carbons (Fsp3) is 0.214. The standard InChI is InChI=1S/C14H13NO2/c1-3-4-7-15-12-6-5-10(2)8-11(12)9-13(15)14(16)17/h5-6,8-9H,7H2,1-2H3,(H,16,17). The van der Waals surface area contributed by atoms with Crippen molar-refractivity contribution in [3.05, 3.63) is 35.5 Å². The van der Waals surface area contributed by atoms with Crippen molar-refractivity contribution < 1.29 is 9.90 Å². The Bertz CT molecular complexity index is 641. The summed E-state index contributed by atoms with van der Waals surface area (Å²) in [5, 5.41) is 10.1. The molecule has 1 N–H and O–H groups in total. The zero-order valence-corrected chi connectivity index (χ0v) is 9.82. The summed E-state index contributed by atoms with van der Waals surface area (Å²) >= 11 is 0. The lowest BCUT2D eigenvalue weighted by Gasteiger charge is -2.03. The summed E-state index contributed by atoms with van der Waals surface area (Å²) in [7, 11) is 0. The molecule has 0 radical (unpaired) electrons. The van der Waals surface area contributed by atoms with E-state index in [9.17, 15) is 4.79 Å². The highest BCUT2D eigenvalue weighted by molar-refractivity contribution is 5.94. The molecule has 0 saturated heterocycles. The summed E-state index contributed by atoms with van der Waals surface area (Å²) in [6.07, 6.45) is 0. The van der Waals surface area contributed by atoms with Gasteiger partial charge in [0.15, 0.2) is 0 Å². The number of hydrogen-bond donors (Lipinski definition) is 1. The zero-order chi connectivity index (χ0) is 12.4. The molecule has 0 fully saturated rings. The molecule has 0 atom stereocenters. The van der Waals surface area contributed by atoms with Crippen molar-refractivity contribution in [2.45, 2.75) is 20.4 Å². The molecule has 2 rings (SSSR count). The van der Waals surface area contributed by atoms with Crippen LogP contribution in [0.2, 0.25) is 0 Å². The lowest BCUT2D eigenvalue weighted by Crippen LogP contribution is -2.07. The third kappa shape index (κ3) is 2.02. The topological polar surface area (TPSA) is 42.2 Å². The van der Waals surface area contributed by atoms with Crippen molar-refractivity contribution in [1.82, 2.24) is 4.57 Å². The van der Waals surface area contributed by atoms with Crippen LogP contribution in [-0.4, -0.2) is 15.6 Å². The molecule has 1 aromatic heterocycles. The second kappa shape index (κ2) is 4.34. The van der Waals surface area contributed by atoms with Gasteiger partial charge in [-0.1, -0.05) is 17.6 Å². The molecule has 0 spiro atoms. The number of rotatable bonds is 2. The fourth-order valence-corrected chi connectivity index (χ4v) is 1.90. The van der Waals surface area contributed by atoms with E-state index in [0.717, 1.165) is 16.5 Å². The second-order valence-corrected chi connectivity index (χ2v) is 3.91. The van der Waals surface area contributed by atoms with E-state index in [1.54, 1.807) is 17.6 Å². The number of carboxylic acids is 1. The smallest absolute Gasteiger partial charge is 0.352 e. The van der Waals surface area contributed by atoms with Crippen LogP contribution in [0.3, 0.4) is 0 Å². The number of aryl methyl sites for hydroxylation is 1. The predicted octanol–water partition coefficient (Wildman–Crippen LogP) is 2.67. The Balaban J connectivity index is 2.69. The summed E-state index contributed by atoms with van der Waals surface area (Å²) in [4.78, 5) is 11.2. The molecular weight excluding hydrogens is 214 g/mol. The van der Waals surface area contributed by atoms with E-state index in [0.29, 0.717) is 6.54 Å². The van der Waals surface area contributed by atoms with Crippen molar-refractivity contribution in [3.63, 3.8) is 0 Å². The van der Waals surface area contributed by atoms with Gasteiger partial charge in [-0.15, -0.1) is 5.92 Å². The predicted molar refractivity (Wildman–Crippen MR) is 67.1 cm³/mol. The molecule has 0 bridgehead atoms. The maximum atomic E-state index is 11.2. The van der Waals surface area contributed by atoms with Gasteiger partial charge in [-0.2, -0.15) is 0 Å². The van der Waals surface area contributed by atoms with Crippen LogP contribution >= 0.6 is 0 Å². The Hall–Kier alpha value is -2.21. The highest BCUT2D eigenvalue weighted by atomic mass is 16.4. The molecule has 86 valence electrons. The number of carboxylic acid groups (broad SMARTS) is 1. The molecule has 3 nitrogen and oxygen atoms in total. The van der Waals surface area contributed by atoms with E-state index in [2.05, 4.69) is 11.8 Å². The van der Waals surface area contributed by atoms with Crippen LogP contribution in [-0.2, 0) is 6.54 Å². The van der Waals surface area contributed by atoms with Crippen molar-refractivity contribution >= 4 is 16.9 Å². The molecule has 0 aliphatic carbocycles. The number of fused-ring (bicyclic) bond motifs is 1. The third-order valence-corrected chi connectivity index (χ3v) is 2.69. The Kier molecular flexibility index (Phi) is 2.88. The molecule has 1 heterocycles. The van der Waals surface area contributed by atoms with Gasteiger partial charge in [-0.25, -0.2) is 4.79 Å². The van der Waals surface area contributed by atoms with Gasteiger partial charge >= 0.3 is 5.97 Å². The summed E-state index contributed by atoms with van der Waals surface area (Å²) < 4.78 is 1.73. The van der Waals surface area contributed by atoms with Gasteiger partial charge in [0.05, 0.1) is 6.54 Å². The average Bonchev–Trinajstić information content (AvgIpc) is 2.64. The highest BCUT2D eigenvalue weighted by Crippen LogP contribution is 2.21. The van der Waals surface area contributed by atoms with Crippen LogP contribution in [0.25, 0.3) is 10.9 Å². The third-order valence-electron chi connectivity index (χ3n) is 2.69. The quantitative estimate of drug-likeness (QED) is 0.801. The molecule has 0 saturated carbocycles. The van der Waals surface area contributed by atoms with E-state index < -0.39 is 5.97 Å². The lowest BCUT2D eigenvalue weighted by molar-refractivity contribution is 0.0686. The van der Waals surface area contributed by atoms with E-state index in [1.807, 2.05) is 25.1 Å². The summed E-state index contributed by atoms with van der Waals surface area (Å²) in [5.41, 5.74) is 2.32. The number of hydrogen-bond acceptors (Lipinski definition) is 1. The van der Waals surface area contributed by atoms with E-state index >= 15 is 0 Å². The maximum absolute atomic E-state index is 11.2. The monoisotopic (exact) mass is 227 g/mol. The number of nitrogens with zero attached hydrogens (tertiary/aromatic N) is 1. The van der Waals surface area contributed by atoms with Crippen molar-refractivity contribution in [3.8, 4) is 11.8 Å². The average molecular weight is 227 g/mol. The first kappa shape index (κ1) is 11.3. The van der Waals surface area contributed by atoms with E-state index in [1.165, 1.54) is 0 Å². The first-order chi connectivity index (χ1) is 8.13. The molecule has 3 heteroatoms. The number of carbonyl (C=O) groups is 1. The molecule has 0 unspecified atom stereocenters. The maximum Gasteiger partial charge on any atom is 0.352 e. The molecule has 0 aliphatic heterocycles. The number of benzene rings is 1. The highest BCUT2D eigenvalue weighted by Gasteiger charge is 2.13. The minimum absolute atomic E-state index is 0.286. The Morgan fingerprint density at radius 1 is 1.41 bits per heavy atom. The van der Waals surface area contributed by atoms with Gasteiger partial charge in [0, 0.05) is 10.9 Å². The largest absolute Gasteiger partial charge is 0.477 e. The number of aromatic nitrogens is 1. The van der Waals surface area contributed by atoms with Crippen LogP contribution in [0.15, 0.2) is 24.3 Å². The first-order valence-electron chi connectivity index (χ1n) is 5.36. The van der Waals surface area contributed by atoms with Gasteiger partial charge < -0.3 is 9.67 Å². The molecule has 0 aliphatic rings. The van der Waals surface area contributed by atoms with Gasteiger partial charge in [0.1, 0.15) is 5.69 Å². The van der Waals surface area contributed by atoms with Gasteiger partial charge in [0.2, 0.25) is 0 Å². The van der Waals surface area contributed by atoms with Gasteiger partial charge in [-0.3, -0.25) is 0 Å². The van der Waals surface area contributed by atoms with E-state index in [4.69, 9.17) is 5.11 Å². The van der Waals surface area contributed by atoms with Crippen LogP contribution in [0.5, 0.6) is 0 Å². The van der Waals surface area contributed by atoms with Crippen molar-refractivity contribution in [2.24, 2.45) is 0 Å². The van der Waals surface area contributed by atoms with Gasteiger partial charge in [0.25, 0.3) is 0 Å². The molecule has 0 amide bonds. The first-order valence-corrected chi connectivity index (χ1v) is 5.36. The summed E-state index contributed by atoms with van der Waals surface area (Å²) in [5.74, 6) is 4.77. The zero-order valence-electron chi connectivity index (χ0n) is 9.82. The summed E-state index contributed by atoms with van der Waals surface area (Å²) in [6.45, 7) is 4.14. The van der Waals surface area contributed by atoms with Crippen LogP contribution in [0, 0.1) is 18.8 Å². The molecule has 17 heavy (non-hydrogen) atoms. The Labute approximate surface area is 99.7 Å². The van der Waals surface area contributed by atoms with Gasteiger partial charge in [-0.05, 0) is 32.0 Å². The molecule has 2 aromatic rings. The van der Waals surface area contributed by atoms with Crippen LogP contribution in [0.4, 0.5) is 0 Å². The fourth-order valence-electron chi connectivity index (χ4n) is 1.90. The number of aromatic carboxylic acids is 1. The minimum Gasteiger partial charge on any atom is -0.477 e. The van der Waals surface area contributed by atoms with Crippen molar-refractivity contribution in [2.75, 3.05) is 0 Å². The summed E-state index contributed by atoms with van der Waals surface area (Å²) in [6, 6.07) is 7.60. The van der Waals surface area contributed by atoms with Crippen LogP contribution in [0.1, 0.15) is 23.0 Å². The minimum atomic E-state index is -0.920. The Morgan fingerprint density at radius 3 is 2.82 bits per heavy atom. The van der Waals surface area contributed by atoms with Crippen molar-refractivity contribution in [1.29, 1.82) is 0 Å².